The Bertz CT molecular complexity index is 919. The molecule has 9 heteroatoms. The number of sulfonamides is 1. The lowest BCUT2D eigenvalue weighted by molar-refractivity contribution is -0.123. The highest BCUT2D eigenvalue weighted by molar-refractivity contribution is 7.89. The first-order valence-corrected chi connectivity index (χ1v) is 9.92. The van der Waals surface area contributed by atoms with Crippen molar-refractivity contribution in [3.63, 3.8) is 0 Å². The van der Waals surface area contributed by atoms with Gasteiger partial charge in [-0.1, -0.05) is 23.7 Å². The average molecular weight is 415 g/mol. The van der Waals surface area contributed by atoms with Crippen LogP contribution in [-0.4, -0.2) is 27.5 Å². The van der Waals surface area contributed by atoms with Gasteiger partial charge in [-0.2, -0.15) is 4.72 Å². The van der Waals surface area contributed by atoms with Crippen molar-refractivity contribution >= 4 is 27.5 Å². The third-order valence-corrected chi connectivity index (χ3v) is 5.67. The van der Waals surface area contributed by atoms with Gasteiger partial charge in [-0.15, -0.1) is 0 Å². The van der Waals surface area contributed by atoms with Crippen LogP contribution >= 0.6 is 11.6 Å². The highest BCUT2D eigenvalue weighted by Gasteiger charge is 2.26. The van der Waals surface area contributed by atoms with Crippen molar-refractivity contribution in [2.45, 2.75) is 30.8 Å². The molecule has 0 heterocycles. The fraction of sp³-hybridized carbons (Fsp3) is 0.278. The molecule has 27 heavy (non-hydrogen) atoms. The monoisotopic (exact) mass is 414 g/mol. The van der Waals surface area contributed by atoms with Gasteiger partial charge in [0.1, 0.15) is 16.5 Å². The summed E-state index contributed by atoms with van der Waals surface area (Å²) in [6.45, 7) is 3.13. The molecule has 2 N–H and O–H groups in total. The molecule has 0 aliphatic rings. The van der Waals surface area contributed by atoms with E-state index in [4.69, 9.17) is 16.3 Å². The molecule has 2 atom stereocenters. The lowest BCUT2D eigenvalue weighted by Crippen LogP contribution is -2.45. The smallest absolute Gasteiger partial charge is 0.245 e. The molecule has 0 fully saturated rings. The van der Waals surface area contributed by atoms with Crippen molar-refractivity contribution in [3.8, 4) is 5.75 Å². The second-order valence-corrected chi connectivity index (χ2v) is 8.04. The lowest BCUT2D eigenvalue weighted by Gasteiger charge is -2.19. The molecule has 0 radical (unpaired) electrons. The number of ether oxygens (including phenoxy) is 1. The summed E-state index contributed by atoms with van der Waals surface area (Å²) in [6.07, 6.45) is 0. The Morgan fingerprint density at radius 3 is 2.37 bits per heavy atom. The van der Waals surface area contributed by atoms with Gasteiger partial charge in [-0.25, -0.2) is 12.8 Å². The Balaban J connectivity index is 2.11. The van der Waals surface area contributed by atoms with Crippen molar-refractivity contribution in [2.75, 3.05) is 7.11 Å². The van der Waals surface area contributed by atoms with Gasteiger partial charge in [0.25, 0.3) is 0 Å². The number of halogens is 2. The third-order valence-electron chi connectivity index (χ3n) is 3.87. The van der Waals surface area contributed by atoms with Gasteiger partial charge in [0, 0.05) is 5.02 Å². The molecule has 0 aromatic heterocycles. The largest absolute Gasteiger partial charge is 0.495 e. The third kappa shape index (κ3) is 5.41. The van der Waals surface area contributed by atoms with Crippen LogP contribution in [0.25, 0.3) is 0 Å². The number of hydrogen-bond acceptors (Lipinski definition) is 4. The standard InChI is InChI=1S/C18H20ClFN2O4S/c1-11(13-4-7-15(20)8-5-13)21-18(23)12(2)22-27(24,25)17-10-14(19)6-9-16(17)26-3/h4-12,22H,1-3H3,(H,21,23)/t11-,12-/m0/s1. The van der Waals surface area contributed by atoms with Gasteiger partial charge >= 0.3 is 0 Å². The summed E-state index contributed by atoms with van der Waals surface area (Å²) in [4.78, 5) is 12.2. The summed E-state index contributed by atoms with van der Waals surface area (Å²) < 4.78 is 45.5. The van der Waals surface area contributed by atoms with Crippen molar-refractivity contribution in [2.24, 2.45) is 0 Å². The van der Waals surface area contributed by atoms with E-state index < -0.39 is 28.0 Å². The quantitative estimate of drug-likeness (QED) is 0.729. The van der Waals surface area contributed by atoms with Crippen LogP contribution in [0.4, 0.5) is 4.39 Å². The summed E-state index contributed by atoms with van der Waals surface area (Å²) in [5, 5.41) is 2.90. The number of methoxy groups -OCH3 is 1. The molecule has 6 nitrogen and oxygen atoms in total. The maximum atomic E-state index is 13.0. The Morgan fingerprint density at radius 2 is 1.78 bits per heavy atom. The van der Waals surface area contributed by atoms with Crippen LogP contribution in [-0.2, 0) is 14.8 Å². The molecule has 2 aromatic carbocycles. The SMILES string of the molecule is COc1ccc(Cl)cc1S(=O)(=O)N[C@@H](C)C(=O)N[C@@H](C)c1ccc(F)cc1. The zero-order valence-electron chi connectivity index (χ0n) is 15.0. The summed E-state index contributed by atoms with van der Waals surface area (Å²) in [6, 6.07) is 8.36. The maximum Gasteiger partial charge on any atom is 0.245 e. The minimum absolute atomic E-state index is 0.110. The second-order valence-electron chi connectivity index (χ2n) is 5.92. The molecule has 146 valence electrons. The van der Waals surface area contributed by atoms with Gasteiger partial charge in [-0.3, -0.25) is 4.79 Å². The van der Waals surface area contributed by atoms with E-state index in [1.807, 2.05) is 0 Å². The van der Waals surface area contributed by atoms with Crippen LogP contribution in [0.5, 0.6) is 5.75 Å². The molecule has 1 amide bonds. The molecule has 0 unspecified atom stereocenters. The van der Waals surface area contributed by atoms with E-state index in [1.54, 1.807) is 19.1 Å². The Kier molecular flexibility index (Phi) is 6.80. The van der Waals surface area contributed by atoms with Gasteiger partial charge in [0.2, 0.25) is 15.9 Å². The summed E-state index contributed by atoms with van der Waals surface area (Å²) in [5.74, 6) is -0.801. The van der Waals surface area contributed by atoms with Crippen molar-refractivity contribution < 1.29 is 22.3 Å². The van der Waals surface area contributed by atoms with E-state index in [-0.39, 0.29) is 21.5 Å². The van der Waals surface area contributed by atoms with Crippen LogP contribution in [0.3, 0.4) is 0 Å². The van der Waals surface area contributed by atoms with Gasteiger partial charge in [0.05, 0.1) is 19.2 Å². The first-order chi connectivity index (χ1) is 12.6. The van der Waals surface area contributed by atoms with E-state index in [2.05, 4.69) is 10.0 Å². The van der Waals surface area contributed by atoms with Gasteiger partial charge in [-0.05, 0) is 49.7 Å². The number of amides is 1. The summed E-state index contributed by atoms with van der Waals surface area (Å²) in [5.41, 5.74) is 0.691. The van der Waals surface area contributed by atoms with E-state index in [0.29, 0.717) is 5.56 Å². The Labute approximate surface area is 162 Å². The normalized spacial score (nSPS) is 13.7. The highest BCUT2D eigenvalue weighted by Crippen LogP contribution is 2.27. The number of hydrogen-bond donors (Lipinski definition) is 2. The number of benzene rings is 2. The summed E-state index contributed by atoms with van der Waals surface area (Å²) in [7, 11) is -2.71. The van der Waals surface area contributed by atoms with Crippen molar-refractivity contribution in [1.82, 2.24) is 10.0 Å². The van der Waals surface area contributed by atoms with Crippen LogP contribution in [0.1, 0.15) is 25.5 Å². The first kappa shape index (κ1) is 21.1. The van der Waals surface area contributed by atoms with Crippen LogP contribution in [0.15, 0.2) is 47.4 Å². The number of rotatable bonds is 7. The van der Waals surface area contributed by atoms with Crippen LogP contribution < -0.4 is 14.8 Å². The maximum absolute atomic E-state index is 13.0. The van der Waals surface area contributed by atoms with Gasteiger partial charge in [0.15, 0.2) is 0 Å². The van der Waals surface area contributed by atoms with E-state index in [9.17, 15) is 17.6 Å². The topological polar surface area (TPSA) is 84.5 Å². The fourth-order valence-electron chi connectivity index (χ4n) is 2.38. The molecular weight excluding hydrogens is 395 g/mol. The molecule has 2 aromatic rings. The average Bonchev–Trinajstić information content (AvgIpc) is 2.61. The lowest BCUT2D eigenvalue weighted by atomic mass is 10.1. The van der Waals surface area contributed by atoms with E-state index in [1.165, 1.54) is 44.4 Å². The molecule has 2 rings (SSSR count). The van der Waals surface area contributed by atoms with Gasteiger partial charge < -0.3 is 10.1 Å². The molecular formula is C18H20ClFN2O4S. The van der Waals surface area contributed by atoms with E-state index in [0.717, 1.165) is 0 Å². The summed E-state index contributed by atoms with van der Waals surface area (Å²) >= 11 is 5.87. The first-order valence-electron chi connectivity index (χ1n) is 8.05. The van der Waals surface area contributed by atoms with Crippen molar-refractivity contribution in [3.05, 3.63) is 58.9 Å². The van der Waals surface area contributed by atoms with E-state index >= 15 is 0 Å². The van der Waals surface area contributed by atoms with Crippen molar-refractivity contribution in [1.29, 1.82) is 0 Å². The zero-order chi connectivity index (χ0) is 20.2. The minimum atomic E-state index is -4.05. The molecule has 0 spiro atoms. The molecule has 0 saturated heterocycles. The molecule has 0 aliphatic heterocycles. The van der Waals surface area contributed by atoms with Crippen LogP contribution in [0, 0.1) is 5.82 Å². The fourth-order valence-corrected chi connectivity index (χ4v) is 4.02. The number of nitrogens with one attached hydrogen (secondary N) is 2. The predicted octanol–water partition coefficient (Wildman–Crippen LogP) is 3.03. The zero-order valence-corrected chi connectivity index (χ0v) is 16.6. The van der Waals surface area contributed by atoms with Crippen LogP contribution in [0.2, 0.25) is 5.02 Å². The number of carbonyl (C=O) groups excluding carboxylic acids is 1. The highest BCUT2D eigenvalue weighted by atomic mass is 35.5. The Hall–Kier alpha value is -2.16. The molecule has 0 bridgehead atoms. The predicted molar refractivity (Wildman–Crippen MR) is 101 cm³/mol. The number of carbonyl (C=O) groups is 1. The Morgan fingerprint density at radius 1 is 1.15 bits per heavy atom. The molecule has 0 saturated carbocycles. The molecule has 0 aliphatic carbocycles. The second kappa shape index (κ2) is 8.69. The minimum Gasteiger partial charge on any atom is -0.495 e.